The lowest BCUT2D eigenvalue weighted by Crippen LogP contribution is -2.12. The number of aromatic nitrogens is 1. The molecule has 0 atom stereocenters. The predicted octanol–water partition coefficient (Wildman–Crippen LogP) is 6.75. The van der Waals surface area contributed by atoms with E-state index in [-0.39, 0.29) is 18.4 Å². The Morgan fingerprint density at radius 1 is 1.00 bits per heavy atom. The van der Waals surface area contributed by atoms with Crippen molar-refractivity contribution < 1.29 is 13.9 Å². The number of furan rings is 1. The fourth-order valence-electron chi connectivity index (χ4n) is 4.27. The van der Waals surface area contributed by atoms with E-state index < -0.39 is 0 Å². The van der Waals surface area contributed by atoms with E-state index in [1.165, 1.54) is 0 Å². The Hall–Kier alpha value is -4.89. The molecule has 0 saturated carbocycles. The largest absolute Gasteiger partial charge is 0.465 e. The standard InChI is InChI=1S/C30H23N3O3/c1-2-35-27(34)20-33-19-23(24-15-9-10-16-26(24)33)18-32-30-25(17-31)28(21-11-5-3-6-12-21)29(36-30)22-13-7-4-8-14-22/h3-16,18-19H,2,20H2,1H3. The quantitative estimate of drug-likeness (QED) is 0.193. The number of rotatable bonds is 7. The summed E-state index contributed by atoms with van der Waals surface area (Å²) in [5, 5.41) is 11.0. The number of ether oxygens (including phenoxy) is 1. The second-order valence-electron chi connectivity index (χ2n) is 8.12. The predicted molar refractivity (Wildman–Crippen MR) is 140 cm³/mol. The van der Waals surface area contributed by atoms with Crippen LogP contribution in [0.3, 0.4) is 0 Å². The van der Waals surface area contributed by atoms with Crippen LogP contribution in [-0.4, -0.2) is 23.4 Å². The highest BCUT2D eigenvalue weighted by Gasteiger charge is 2.22. The molecule has 0 amide bonds. The molecule has 5 aromatic rings. The average molecular weight is 474 g/mol. The minimum absolute atomic E-state index is 0.0999. The molecule has 0 aliphatic rings. The summed E-state index contributed by atoms with van der Waals surface area (Å²) in [4.78, 5) is 16.7. The Morgan fingerprint density at radius 3 is 2.36 bits per heavy atom. The summed E-state index contributed by atoms with van der Waals surface area (Å²) in [5.74, 6) is 0.521. The fourth-order valence-corrected chi connectivity index (χ4v) is 4.27. The van der Waals surface area contributed by atoms with Gasteiger partial charge < -0.3 is 13.7 Å². The molecule has 5 rings (SSSR count). The molecule has 0 N–H and O–H groups in total. The maximum Gasteiger partial charge on any atom is 0.325 e. The molecule has 36 heavy (non-hydrogen) atoms. The Labute approximate surface area is 208 Å². The number of carbonyl (C=O) groups is 1. The van der Waals surface area contributed by atoms with Crippen LogP contribution in [0.2, 0.25) is 0 Å². The van der Waals surface area contributed by atoms with Gasteiger partial charge in [0.15, 0.2) is 0 Å². The van der Waals surface area contributed by atoms with Crippen molar-refractivity contribution in [3.8, 4) is 28.5 Å². The third-order valence-corrected chi connectivity index (χ3v) is 5.84. The molecule has 0 fully saturated rings. The van der Waals surface area contributed by atoms with Crippen LogP contribution in [0.5, 0.6) is 0 Å². The van der Waals surface area contributed by atoms with Gasteiger partial charge in [-0.05, 0) is 18.6 Å². The SMILES string of the molecule is CCOC(=O)Cn1cc(C=Nc2oc(-c3ccccc3)c(-c3ccccc3)c2C#N)c2ccccc21. The van der Waals surface area contributed by atoms with Crippen LogP contribution in [0.25, 0.3) is 33.4 Å². The van der Waals surface area contributed by atoms with E-state index in [0.29, 0.717) is 23.5 Å². The lowest BCUT2D eigenvalue weighted by Gasteiger charge is -2.04. The fraction of sp³-hybridized carbons (Fsp3) is 0.100. The molecule has 6 nitrogen and oxygen atoms in total. The summed E-state index contributed by atoms with van der Waals surface area (Å²) in [6.45, 7) is 2.21. The molecular formula is C30H23N3O3. The maximum atomic E-state index is 12.1. The van der Waals surface area contributed by atoms with Gasteiger partial charge in [0, 0.05) is 40.0 Å². The number of para-hydroxylation sites is 1. The highest BCUT2D eigenvalue weighted by Crippen LogP contribution is 2.42. The number of hydrogen-bond acceptors (Lipinski definition) is 5. The van der Waals surface area contributed by atoms with Gasteiger partial charge in [-0.3, -0.25) is 4.79 Å². The maximum absolute atomic E-state index is 12.1. The van der Waals surface area contributed by atoms with Crippen LogP contribution < -0.4 is 0 Å². The molecule has 6 heteroatoms. The van der Waals surface area contributed by atoms with Gasteiger partial charge in [-0.15, -0.1) is 0 Å². The molecule has 2 aromatic heterocycles. The molecular weight excluding hydrogens is 450 g/mol. The summed E-state index contributed by atoms with van der Waals surface area (Å²) in [7, 11) is 0. The van der Waals surface area contributed by atoms with Crippen molar-refractivity contribution >= 4 is 29.0 Å². The zero-order chi connectivity index (χ0) is 24.9. The highest BCUT2D eigenvalue weighted by atomic mass is 16.5. The van der Waals surface area contributed by atoms with Crippen LogP contribution in [0.1, 0.15) is 18.1 Å². The van der Waals surface area contributed by atoms with Crippen LogP contribution in [0, 0.1) is 11.3 Å². The van der Waals surface area contributed by atoms with Crippen molar-refractivity contribution in [2.24, 2.45) is 4.99 Å². The average Bonchev–Trinajstić information content (AvgIpc) is 3.46. The number of nitriles is 1. The summed E-state index contributed by atoms with van der Waals surface area (Å²) >= 11 is 0. The van der Waals surface area contributed by atoms with Gasteiger partial charge >= 0.3 is 5.97 Å². The minimum Gasteiger partial charge on any atom is -0.465 e. The van der Waals surface area contributed by atoms with Gasteiger partial charge in [0.25, 0.3) is 0 Å². The van der Waals surface area contributed by atoms with Gasteiger partial charge in [-0.1, -0.05) is 78.9 Å². The van der Waals surface area contributed by atoms with Gasteiger partial charge in [0.05, 0.1) is 6.61 Å². The number of benzene rings is 3. The second kappa shape index (κ2) is 10.2. The van der Waals surface area contributed by atoms with E-state index in [2.05, 4.69) is 11.1 Å². The van der Waals surface area contributed by atoms with Gasteiger partial charge in [0.1, 0.15) is 23.9 Å². The summed E-state index contributed by atoms with van der Waals surface area (Å²) in [5.41, 5.74) is 4.51. The Kier molecular flexibility index (Phi) is 6.46. The molecule has 0 saturated heterocycles. The monoisotopic (exact) mass is 473 g/mol. The molecule has 0 unspecified atom stereocenters. The summed E-state index contributed by atoms with van der Waals surface area (Å²) in [6, 6.07) is 29.5. The van der Waals surface area contributed by atoms with Gasteiger partial charge in [-0.2, -0.15) is 5.26 Å². The van der Waals surface area contributed by atoms with Crippen molar-refractivity contribution in [3.63, 3.8) is 0 Å². The Bertz CT molecular complexity index is 1590. The first-order valence-electron chi connectivity index (χ1n) is 11.6. The van der Waals surface area contributed by atoms with E-state index in [1.54, 1.807) is 13.1 Å². The van der Waals surface area contributed by atoms with Gasteiger partial charge in [-0.25, -0.2) is 4.99 Å². The highest BCUT2D eigenvalue weighted by molar-refractivity contribution is 6.01. The van der Waals surface area contributed by atoms with E-state index in [4.69, 9.17) is 9.15 Å². The number of aliphatic imine (C=N–C) groups is 1. The molecule has 0 spiro atoms. The molecule has 0 aliphatic heterocycles. The van der Waals surface area contributed by atoms with E-state index in [0.717, 1.165) is 27.6 Å². The number of fused-ring (bicyclic) bond motifs is 1. The van der Waals surface area contributed by atoms with E-state index in [1.807, 2.05) is 95.7 Å². The van der Waals surface area contributed by atoms with Crippen molar-refractivity contribution in [2.75, 3.05) is 6.61 Å². The molecule has 0 radical (unpaired) electrons. The smallest absolute Gasteiger partial charge is 0.325 e. The van der Waals surface area contributed by atoms with Crippen LogP contribution >= 0.6 is 0 Å². The zero-order valence-electron chi connectivity index (χ0n) is 19.7. The third kappa shape index (κ3) is 4.42. The molecule has 0 aliphatic carbocycles. The zero-order valence-corrected chi connectivity index (χ0v) is 19.7. The molecule has 2 heterocycles. The number of carbonyl (C=O) groups excluding carboxylic acids is 1. The molecule has 3 aromatic carbocycles. The number of hydrogen-bond donors (Lipinski definition) is 0. The van der Waals surface area contributed by atoms with E-state index in [9.17, 15) is 10.1 Å². The Morgan fingerprint density at radius 2 is 1.67 bits per heavy atom. The van der Waals surface area contributed by atoms with E-state index >= 15 is 0 Å². The van der Waals surface area contributed by atoms with Crippen molar-refractivity contribution in [1.29, 1.82) is 5.26 Å². The normalized spacial score (nSPS) is 11.1. The third-order valence-electron chi connectivity index (χ3n) is 5.84. The first-order chi connectivity index (χ1) is 17.7. The second-order valence-corrected chi connectivity index (χ2v) is 8.12. The van der Waals surface area contributed by atoms with Crippen molar-refractivity contribution in [2.45, 2.75) is 13.5 Å². The minimum atomic E-state index is -0.306. The lowest BCUT2D eigenvalue weighted by atomic mass is 9.98. The molecule has 0 bridgehead atoms. The van der Waals surface area contributed by atoms with Crippen molar-refractivity contribution in [1.82, 2.24) is 4.57 Å². The number of esters is 1. The van der Waals surface area contributed by atoms with Gasteiger partial charge in [0.2, 0.25) is 5.88 Å². The van der Waals surface area contributed by atoms with Crippen LogP contribution in [-0.2, 0) is 16.1 Å². The van der Waals surface area contributed by atoms with Crippen LogP contribution in [0.15, 0.2) is 101 Å². The first kappa shape index (κ1) is 22.9. The summed E-state index contributed by atoms with van der Waals surface area (Å²) < 4.78 is 13.2. The van der Waals surface area contributed by atoms with Crippen molar-refractivity contribution in [3.05, 3.63) is 102 Å². The number of nitrogens with zero attached hydrogens (tertiary/aromatic N) is 3. The topological polar surface area (TPSA) is 80.5 Å². The summed E-state index contributed by atoms with van der Waals surface area (Å²) in [6.07, 6.45) is 3.53. The molecule has 176 valence electrons. The van der Waals surface area contributed by atoms with Crippen LogP contribution in [0.4, 0.5) is 5.88 Å². The Balaban J connectivity index is 1.61. The first-order valence-corrected chi connectivity index (χ1v) is 11.6. The lowest BCUT2D eigenvalue weighted by molar-refractivity contribution is -0.143.